The molecule has 0 aliphatic rings. The second kappa shape index (κ2) is 8.84. The Morgan fingerprint density at radius 2 is 1.72 bits per heavy atom. The van der Waals surface area contributed by atoms with Crippen molar-refractivity contribution in [2.45, 2.75) is 25.3 Å². The number of ether oxygens (including phenoxy) is 1. The van der Waals surface area contributed by atoms with Crippen molar-refractivity contribution < 1.29 is 4.74 Å². The molecular weight excluding hydrogens is 326 g/mol. The molecule has 0 saturated heterocycles. The molecule has 130 valence electrons. The number of para-hydroxylation sites is 1. The van der Waals surface area contributed by atoms with Crippen molar-refractivity contribution >= 4 is 11.3 Å². The molecule has 2 aromatic carbocycles. The zero-order valence-corrected chi connectivity index (χ0v) is 15.6. The molecule has 0 spiro atoms. The Morgan fingerprint density at radius 3 is 2.44 bits per heavy atom. The van der Waals surface area contributed by atoms with Crippen LogP contribution in [0, 0.1) is 0 Å². The van der Waals surface area contributed by atoms with Gasteiger partial charge in [-0.2, -0.15) is 0 Å². The lowest BCUT2D eigenvalue weighted by Crippen LogP contribution is -2.21. The number of methoxy groups -OCH3 is 1. The normalized spacial score (nSPS) is 13.4. The summed E-state index contributed by atoms with van der Waals surface area (Å²) in [5.74, 6) is 1.28. The van der Waals surface area contributed by atoms with Crippen LogP contribution in [0.3, 0.4) is 0 Å². The second-order valence-electron chi connectivity index (χ2n) is 6.19. The molecular formula is C22H25NOS. The highest BCUT2D eigenvalue weighted by Crippen LogP contribution is 2.34. The number of rotatable bonds is 8. The lowest BCUT2D eigenvalue weighted by molar-refractivity contribution is 0.405. The summed E-state index contributed by atoms with van der Waals surface area (Å²) in [6, 6.07) is 23.7. The highest BCUT2D eigenvalue weighted by Gasteiger charge is 2.18. The third-order valence-electron chi connectivity index (χ3n) is 4.57. The van der Waals surface area contributed by atoms with Crippen molar-refractivity contribution in [1.29, 1.82) is 0 Å². The maximum atomic E-state index is 5.62. The summed E-state index contributed by atoms with van der Waals surface area (Å²) in [7, 11) is 1.75. The Balaban J connectivity index is 1.75. The van der Waals surface area contributed by atoms with E-state index in [1.54, 1.807) is 18.4 Å². The molecule has 0 amide bonds. The third-order valence-corrected chi connectivity index (χ3v) is 5.62. The van der Waals surface area contributed by atoms with Gasteiger partial charge in [-0.3, -0.25) is 0 Å². The predicted molar refractivity (Wildman–Crippen MR) is 107 cm³/mol. The molecule has 0 aliphatic heterocycles. The lowest BCUT2D eigenvalue weighted by atomic mass is 9.88. The molecule has 2 atom stereocenters. The van der Waals surface area contributed by atoms with Crippen molar-refractivity contribution in [1.82, 2.24) is 5.32 Å². The molecule has 1 N–H and O–H groups in total. The van der Waals surface area contributed by atoms with E-state index in [0.29, 0.717) is 12.0 Å². The summed E-state index contributed by atoms with van der Waals surface area (Å²) >= 11 is 1.81. The second-order valence-corrected chi connectivity index (χ2v) is 7.16. The Morgan fingerprint density at radius 1 is 0.960 bits per heavy atom. The fourth-order valence-corrected chi connectivity index (χ4v) is 3.98. The average Bonchev–Trinajstić information content (AvgIpc) is 3.21. The van der Waals surface area contributed by atoms with Gasteiger partial charge in [0.15, 0.2) is 0 Å². The number of thiophene rings is 1. The van der Waals surface area contributed by atoms with E-state index in [1.807, 2.05) is 12.1 Å². The summed E-state index contributed by atoms with van der Waals surface area (Å²) in [4.78, 5) is 1.38. The van der Waals surface area contributed by atoms with Crippen LogP contribution in [0.25, 0.3) is 0 Å². The summed E-state index contributed by atoms with van der Waals surface area (Å²) in [6.45, 7) is 3.18. The van der Waals surface area contributed by atoms with E-state index in [4.69, 9.17) is 4.74 Å². The van der Waals surface area contributed by atoms with Gasteiger partial charge in [0.25, 0.3) is 0 Å². The van der Waals surface area contributed by atoms with Crippen LogP contribution < -0.4 is 10.1 Å². The summed E-state index contributed by atoms with van der Waals surface area (Å²) in [6.07, 6.45) is 1.03. The summed E-state index contributed by atoms with van der Waals surface area (Å²) in [5.41, 5.74) is 2.58. The summed E-state index contributed by atoms with van der Waals surface area (Å²) < 4.78 is 5.62. The van der Waals surface area contributed by atoms with E-state index >= 15 is 0 Å². The monoisotopic (exact) mass is 351 g/mol. The minimum absolute atomic E-state index is 0.320. The first-order chi connectivity index (χ1) is 12.3. The van der Waals surface area contributed by atoms with Crippen LogP contribution in [0.4, 0.5) is 0 Å². The average molecular weight is 352 g/mol. The van der Waals surface area contributed by atoms with Gasteiger partial charge in [0, 0.05) is 22.4 Å². The molecule has 1 aromatic heterocycles. The van der Waals surface area contributed by atoms with E-state index < -0.39 is 0 Å². The Labute approximate surface area is 154 Å². The quantitative estimate of drug-likeness (QED) is 0.568. The number of nitrogens with one attached hydrogen (secondary N) is 1. The molecule has 0 bridgehead atoms. The molecule has 25 heavy (non-hydrogen) atoms. The van der Waals surface area contributed by atoms with E-state index in [1.165, 1.54) is 16.0 Å². The van der Waals surface area contributed by atoms with Crippen LogP contribution in [0.1, 0.15) is 41.3 Å². The molecule has 0 saturated carbocycles. The summed E-state index contributed by atoms with van der Waals surface area (Å²) in [5, 5.41) is 5.80. The van der Waals surface area contributed by atoms with Crippen LogP contribution in [0.15, 0.2) is 72.1 Å². The van der Waals surface area contributed by atoms with Crippen LogP contribution >= 0.6 is 11.3 Å². The minimum atomic E-state index is 0.320. The zero-order valence-electron chi connectivity index (χ0n) is 14.8. The van der Waals surface area contributed by atoms with Crippen LogP contribution in [0.2, 0.25) is 0 Å². The highest BCUT2D eigenvalue weighted by molar-refractivity contribution is 7.10. The Hall–Kier alpha value is -2.10. The topological polar surface area (TPSA) is 21.3 Å². The maximum Gasteiger partial charge on any atom is 0.122 e. The van der Waals surface area contributed by atoms with Gasteiger partial charge in [0.1, 0.15) is 5.75 Å². The molecule has 0 radical (unpaired) electrons. The van der Waals surface area contributed by atoms with Gasteiger partial charge in [-0.1, -0.05) is 54.6 Å². The van der Waals surface area contributed by atoms with Gasteiger partial charge >= 0.3 is 0 Å². The molecule has 3 rings (SSSR count). The van der Waals surface area contributed by atoms with Crippen LogP contribution in [0.5, 0.6) is 5.75 Å². The van der Waals surface area contributed by atoms with E-state index in [0.717, 1.165) is 18.7 Å². The van der Waals surface area contributed by atoms with Crippen molar-refractivity contribution in [2.75, 3.05) is 13.7 Å². The smallest absolute Gasteiger partial charge is 0.122 e. The van der Waals surface area contributed by atoms with Crippen LogP contribution in [-0.4, -0.2) is 13.7 Å². The van der Waals surface area contributed by atoms with Crippen molar-refractivity contribution in [3.05, 3.63) is 88.1 Å². The fraction of sp³-hybridized carbons (Fsp3) is 0.273. The van der Waals surface area contributed by atoms with E-state index in [9.17, 15) is 0 Å². The molecule has 1 heterocycles. The number of hydrogen-bond acceptors (Lipinski definition) is 3. The first-order valence-corrected chi connectivity index (χ1v) is 9.62. The van der Waals surface area contributed by atoms with Gasteiger partial charge in [-0.25, -0.2) is 0 Å². The first kappa shape index (κ1) is 17.7. The SMILES string of the molecule is COc1ccccc1[C@H](CCN[C@H](C)c1cccs1)c1ccccc1. The standard InChI is InChI=1S/C22H25NOS/c1-17(22-13-8-16-25-22)23-15-14-19(18-9-4-3-5-10-18)20-11-6-7-12-21(20)24-2/h3-13,16-17,19,23H,14-15H2,1-2H3/t17-,19-/m1/s1. The highest BCUT2D eigenvalue weighted by atomic mass is 32.1. The van der Waals surface area contributed by atoms with Gasteiger partial charge in [0.05, 0.1) is 7.11 Å². The fourth-order valence-electron chi connectivity index (χ4n) is 3.22. The lowest BCUT2D eigenvalue weighted by Gasteiger charge is -2.22. The van der Waals surface area contributed by atoms with E-state index in [-0.39, 0.29) is 0 Å². The molecule has 3 aromatic rings. The molecule has 3 heteroatoms. The first-order valence-electron chi connectivity index (χ1n) is 8.74. The molecule has 0 aliphatic carbocycles. The third kappa shape index (κ3) is 4.50. The predicted octanol–water partition coefficient (Wildman–Crippen LogP) is 5.63. The van der Waals surface area contributed by atoms with Crippen LogP contribution in [-0.2, 0) is 0 Å². The molecule has 2 nitrogen and oxygen atoms in total. The molecule has 0 fully saturated rings. The van der Waals surface area contributed by atoms with Gasteiger partial charge in [0.2, 0.25) is 0 Å². The molecule has 0 unspecified atom stereocenters. The van der Waals surface area contributed by atoms with Gasteiger partial charge < -0.3 is 10.1 Å². The van der Waals surface area contributed by atoms with Crippen molar-refractivity contribution in [3.8, 4) is 5.75 Å². The van der Waals surface area contributed by atoms with Gasteiger partial charge in [-0.05, 0) is 43.0 Å². The van der Waals surface area contributed by atoms with E-state index in [2.05, 4.69) is 72.2 Å². The van der Waals surface area contributed by atoms with Crippen molar-refractivity contribution in [3.63, 3.8) is 0 Å². The number of hydrogen-bond donors (Lipinski definition) is 1. The Kier molecular flexibility index (Phi) is 6.26. The zero-order chi connectivity index (χ0) is 17.5. The number of benzene rings is 2. The van der Waals surface area contributed by atoms with Crippen molar-refractivity contribution in [2.24, 2.45) is 0 Å². The Bertz CT molecular complexity index is 755. The minimum Gasteiger partial charge on any atom is -0.496 e. The van der Waals surface area contributed by atoms with Gasteiger partial charge in [-0.15, -0.1) is 11.3 Å². The largest absolute Gasteiger partial charge is 0.496 e. The maximum absolute atomic E-state index is 5.62.